The molecule has 0 radical (unpaired) electrons. The first kappa shape index (κ1) is 14.7. The van der Waals surface area contributed by atoms with Crippen molar-refractivity contribution >= 4 is 22.6 Å². The van der Waals surface area contributed by atoms with Crippen LogP contribution in [0.5, 0.6) is 0 Å². The lowest BCUT2D eigenvalue weighted by Crippen LogP contribution is -2.26. The van der Waals surface area contributed by atoms with Gasteiger partial charge in [0, 0.05) is 25.3 Å². The lowest BCUT2D eigenvalue weighted by molar-refractivity contribution is -0.124. The molecule has 122 valence electrons. The number of aryl methyl sites for hydroxylation is 1. The third-order valence-electron chi connectivity index (χ3n) is 5.13. The zero-order valence-corrected chi connectivity index (χ0v) is 13.5. The summed E-state index contributed by atoms with van der Waals surface area (Å²) in [5, 5.41) is 2.96. The van der Waals surface area contributed by atoms with E-state index in [4.69, 9.17) is 9.72 Å². The number of anilines is 1. The third kappa shape index (κ3) is 2.74. The Morgan fingerprint density at radius 1 is 1.26 bits per heavy atom. The van der Waals surface area contributed by atoms with Crippen molar-refractivity contribution in [2.75, 3.05) is 11.9 Å². The molecule has 1 aromatic heterocycles. The molecule has 23 heavy (non-hydrogen) atoms. The van der Waals surface area contributed by atoms with Crippen molar-refractivity contribution in [2.45, 2.75) is 50.5 Å². The molecule has 5 heteroatoms. The highest BCUT2D eigenvalue weighted by Gasteiger charge is 2.24. The zero-order chi connectivity index (χ0) is 15.8. The summed E-state index contributed by atoms with van der Waals surface area (Å²) >= 11 is 0. The molecule has 1 aliphatic carbocycles. The Kier molecular flexibility index (Phi) is 3.81. The number of aromatic nitrogens is 2. The van der Waals surface area contributed by atoms with Crippen LogP contribution in [0.4, 0.5) is 5.69 Å². The van der Waals surface area contributed by atoms with E-state index in [1.807, 2.05) is 18.2 Å². The lowest BCUT2D eigenvalue weighted by atomic mass is 10.1. The Balaban J connectivity index is 1.58. The largest absolute Gasteiger partial charge is 0.368 e. The van der Waals surface area contributed by atoms with Gasteiger partial charge in [0.25, 0.3) is 5.91 Å². The standard InChI is InChI=1S/C18H23N3O2/c1-21-15-9-8-13(19-18(22)16-7-4-10-23-16)11-14(15)20-17(21)12-5-2-3-6-12/h8-9,11-12,16H,2-7,10H2,1H3,(H,19,22). The second-order valence-electron chi connectivity index (χ2n) is 6.70. The van der Waals surface area contributed by atoms with Crippen LogP contribution in [0.25, 0.3) is 11.0 Å². The number of fused-ring (bicyclic) bond motifs is 1. The smallest absolute Gasteiger partial charge is 0.253 e. The van der Waals surface area contributed by atoms with Gasteiger partial charge in [-0.3, -0.25) is 4.79 Å². The van der Waals surface area contributed by atoms with Crippen molar-refractivity contribution in [1.82, 2.24) is 9.55 Å². The minimum Gasteiger partial charge on any atom is -0.368 e. The summed E-state index contributed by atoms with van der Waals surface area (Å²) in [6, 6.07) is 5.97. The van der Waals surface area contributed by atoms with Gasteiger partial charge in [0.1, 0.15) is 11.9 Å². The quantitative estimate of drug-likeness (QED) is 0.945. The second-order valence-corrected chi connectivity index (χ2v) is 6.70. The number of imidazole rings is 1. The number of carbonyl (C=O) groups excluding carboxylic acids is 1. The molecule has 1 saturated carbocycles. The van der Waals surface area contributed by atoms with Crippen molar-refractivity contribution in [3.8, 4) is 0 Å². The van der Waals surface area contributed by atoms with Gasteiger partial charge in [0.05, 0.1) is 11.0 Å². The average molecular weight is 313 g/mol. The number of hydrogen-bond donors (Lipinski definition) is 1. The number of ether oxygens (including phenoxy) is 1. The molecular weight excluding hydrogens is 290 g/mol. The van der Waals surface area contributed by atoms with Crippen molar-refractivity contribution in [1.29, 1.82) is 0 Å². The summed E-state index contributed by atoms with van der Waals surface area (Å²) in [6.45, 7) is 0.683. The average Bonchev–Trinajstić information content (AvgIpc) is 3.28. The monoisotopic (exact) mass is 313 g/mol. The molecule has 2 heterocycles. The molecule has 0 bridgehead atoms. The summed E-state index contributed by atoms with van der Waals surface area (Å²) in [4.78, 5) is 17.0. The molecule has 1 saturated heterocycles. The van der Waals surface area contributed by atoms with Crippen LogP contribution in [0.1, 0.15) is 50.3 Å². The van der Waals surface area contributed by atoms with Crippen LogP contribution < -0.4 is 5.32 Å². The molecule has 1 aliphatic heterocycles. The summed E-state index contributed by atoms with van der Waals surface area (Å²) in [7, 11) is 2.09. The number of nitrogens with zero attached hydrogens (tertiary/aromatic N) is 2. The highest BCUT2D eigenvalue weighted by atomic mass is 16.5. The third-order valence-corrected chi connectivity index (χ3v) is 5.13. The zero-order valence-electron chi connectivity index (χ0n) is 13.5. The number of rotatable bonds is 3. The maximum atomic E-state index is 12.2. The number of nitrogens with one attached hydrogen (secondary N) is 1. The molecular formula is C18H23N3O2. The summed E-state index contributed by atoms with van der Waals surface area (Å²) in [5.74, 6) is 1.71. The van der Waals surface area contributed by atoms with Gasteiger partial charge in [0.2, 0.25) is 0 Å². The predicted molar refractivity (Wildman–Crippen MR) is 89.5 cm³/mol. The van der Waals surface area contributed by atoms with Crippen LogP contribution in [-0.2, 0) is 16.6 Å². The van der Waals surface area contributed by atoms with Crippen LogP contribution in [0.15, 0.2) is 18.2 Å². The van der Waals surface area contributed by atoms with Gasteiger partial charge in [-0.2, -0.15) is 0 Å². The highest BCUT2D eigenvalue weighted by Crippen LogP contribution is 2.35. The maximum Gasteiger partial charge on any atom is 0.253 e. The van der Waals surface area contributed by atoms with E-state index in [1.54, 1.807) is 0 Å². The van der Waals surface area contributed by atoms with Crippen molar-refractivity contribution in [3.05, 3.63) is 24.0 Å². The molecule has 1 atom stereocenters. The Morgan fingerprint density at radius 2 is 2.09 bits per heavy atom. The van der Waals surface area contributed by atoms with E-state index in [0.717, 1.165) is 29.6 Å². The Morgan fingerprint density at radius 3 is 2.83 bits per heavy atom. The molecule has 2 fully saturated rings. The van der Waals surface area contributed by atoms with Gasteiger partial charge in [-0.15, -0.1) is 0 Å². The summed E-state index contributed by atoms with van der Waals surface area (Å²) in [6.07, 6.45) is 6.54. The molecule has 0 spiro atoms. The first-order valence-electron chi connectivity index (χ1n) is 8.61. The Bertz CT molecular complexity index is 725. The van der Waals surface area contributed by atoms with E-state index >= 15 is 0 Å². The predicted octanol–water partition coefficient (Wildman–Crippen LogP) is 3.35. The molecule has 5 nitrogen and oxygen atoms in total. The number of hydrogen-bond acceptors (Lipinski definition) is 3. The van der Waals surface area contributed by atoms with E-state index in [2.05, 4.69) is 16.9 Å². The molecule has 1 amide bonds. The summed E-state index contributed by atoms with van der Waals surface area (Å²) < 4.78 is 7.64. The molecule has 1 unspecified atom stereocenters. The number of amides is 1. The SMILES string of the molecule is Cn1c(C2CCCC2)nc2cc(NC(=O)C3CCCO3)ccc21. The van der Waals surface area contributed by atoms with Crippen LogP contribution in [0.2, 0.25) is 0 Å². The van der Waals surface area contributed by atoms with Crippen molar-refractivity contribution < 1.29 is 9.53 Å². The minimum absolute atomic E-state index is 0.0474. The Hall–Kier alpha value is -1.88. The highest BCUT2D eigenvalue weighted by molar-refractivity contribution is 5.96. The van der Waals surface area contributed by atoms with E-state index in [9.17, 15) is 4.79 Å². The second kappa shape index (κ2) is 5.96. The van der Waals surface area contributed by atoms with Gasteiger partial charge in [-0.25, -0.2) is 4.98 Å². The van der Waals surface area contributed by atoms with Crippen LogP contribution in [0, 0.1) is 0 Å². The summed E-state index contributed by atoms with van der Waals surface area (Å²) in [5.41, 5.74) is 2.88. The van der Waals surface area contributed by atoms with Gasteiger partial charge in [0.15, 0.2) is 0 Å². The lowest BCUT2D eigenvalue weighted by Gasteiger charge is -2.10. The van der Waals surface area contributed by atoms with Gasteiger partial charge in [-0.1, -0.05) is 12.8 Å². The van der Waals surface area contributed by atoms with E-state index in [1.165, 1.54) is 31.5 Å². The normalized spacial score (nSPS) is 22.0. The maximum absolute atomic E-state index is 12.2. The number of carbonyl (C=O) groups is 1. The topological polar surface area (TPSA) is 56.2 Å². The molecule has 2 aromatic rings. The molecule has 4 rings (SSSR count). The number of benzene rings is 1. The molecule has 2 aliphatic rings. The fourth-order valence-corrected chi connectivity index (χ4v) is 3.85. The van der Waals surface area contributed by atoms with Crippen LogP contribution in [-0.4, -0.2) is 28.2 Å². The molecule has 1 N–H and O–H groups in total. The first-order chi connectivity index (χ1) is 11.2. The van der Waals surface area contributed by atoms with E-state index in [-0.39, 0.29) is 12.0 Å². The van der Waals surface area contributed by atoms with Crippen molar-refractivity contribution in [3.63, 3.8) is 0 Å². The van der Waals surface area contributed by atoms with E-state index in [0.29, 0.717) is 12.5 Å². The van der Waals surface area contributed by atoms with Crippen LogP contribution in [0.3, 0.4) is 0 Å². The first-order valence-corrected chi connectivity index (χ1v) is 8.61. The minimum atomic E-state index is -0.302. The van der Waals surface area contributed by atoms with Gasteiger partial charge >= 0.3 is 0 Å². The van der Waals surface area contributed by atoms with Crippen molar-refractivity contribution in [2.24, 2.45) is 7.05 Å². The Labute approximate surface area is 136 Å². The molecule has 1 aromatic carbocycles. The van der Waals surface area contributed by atoms with Gasteiger partial charge < -0.3 is 14.6 Å². The van der Waals surface area contributed by atoms with E-state index < -0.39 is 0 Å². The fourth-order valence-electron chi connectivity index (χ4n) is 3.85. The van der Waals surface area contributed by atoms with Gasteiger partial charge in [-0.05, 0) is 43.9 Å². The fraction of sp³-hybridized carbons (Fsp3) is 0.556. The van der Waals surface area contributed by atoms with Crippen LogP contribution >= 0.6 is 0 Å².